The predicted molar refractivity (Wildman–Crippen MR) is 90.2 cm³/mol. The van der Waals surface area contributed by atoms with Gasteiger partial charge in [-0.25, -0.2) is 0 Å². The highest BCUT2D eigenvalue weighted by Gasteiger charge is 2.07. The maximum absolute atomic E-state index is 10.7. The number of benzene rings is 2. The van der Waals surface area contributed by atoms with Crippen LogP contribution in [0.5, 0.6) is 0 Å². The number of nitrogens with zero attached hydrogens (tertiary/aromatic N) is 2. The van der Waals surface area contributed by atoms with Gasteiger partial charge in [-0.15, -0.1) is 0 Å². The van der Waals surface area contributed by atoms with Crippen molar-refractivity contribution in [1.29, 1.82) is 0 Å². The molecule has 116 valence electrons. The number of hydrogen-bond donors (Lipinski definition) is 0. The van der Waals surface area contributed by atoms with Crippen LogP contribution >= 0.6 is 0 Å². The van der Waals surface area contributed by atoms with Crippen molar-refractivity contribution in [3.8, 4) is 0 Å². The second kappa shape index (κ2) is 7.07. The van der Waals surface area contributed by atoms with Gasteiger partial charge < -0.3 is 4.90 Å². The molecule has 0 aromatic heterocycles. The largest absolute Gasteiger partial charge is 0.370 e. The van der Waals surface area contributed by atoms with E-state index in [1.54, 1.807) is 12.1 Å². The highest BCUT2D eigenvalue weighted by atomic mass is 16.6. The Kier molecular flexibility index (Phi) is 5.15. The average molecular weight is 298 g/mol. The zero-order valence-electron chi connectivity index (χ0n) is 13.3. The zero-order valence-corrected chi connectivity index (χ0v) is 13.3. The van der Waals surface area contributed by atoms with Crippen LogP contribution in [0.25, 0.3) is 0 Å². The first-order valence-electron chi connectivity index (χ1n) is 7.49. The average Bonchev–Trinajstić information content (AvgIpc) is 2.49. The summed E-state index contributed by atoms with van der Waals surface area (Å²) in [5.41, 5.74) is 3.68. The Morgan fingerprint density at radius 1 is 1.00 bits per heavy atom. The molecular weight excluding hydrogens is 276 g/mol. The fourth-order valence-electron chi connectivity index (χ4n) is 2.45. The molecule has 0 unspecified atom stereocenters. The lowest BCUT2D eigenvalue weighted by Gasteiger charge is -2.19. The minimum absolute atomic E-state index is 0.121. The molecule has 0 radical (unpaired) electrons. The lowest BCUT2D eigenvalue weighted by Crippen LogP contribution is -2.16. The van der Waals surface area contributed by atoms with Crippen LogP contribution in [0, 0.1) is 16.0 Å². The predicted octanol–water partition coefficient (Wildman–Crippen LogP) is 4.43. The number of rotatable bonds is 6. The van der Waals surface area contributed by atoms with E-state index in [9.17, 15) is 10.1 Å². The van der Waals surface area contributed by atoms with Crippen LogP contribution in [0.3, 0.4) is 0 Å². The molecule has 0 atom stereocenters. The second-order valence-electron chi connectivity index (χ2n) is 6.04. The van der Waals surface area contributed by atoms with Gasteiger partial charge in [-0.2, -0.15) is 0 Å². The summed E-state index contributed by atoms with van der Waals surface area (Å²) in [6.07, 6.45) is 1.10. The number of non-ortho nitro benzene ring substituents is 1. The number of nitro benzene ring substituents is 1. The van der Waals surface area contributed by atoms with Crippen molar-refractivity contribution in [2.75, 3.05) is 11.9 Å². The molecule has 0 bridgehead atoms. The molecular formula is C18H22N2O2. The van der Waals surface area contributed by atoms with Crippen LogP contribution in [-0.4, -0.2) is 12.0 Å². The summed E-state index contributed by atoms with van der Waals surface area (Å²) < 4.78 is 0. The molecule has 0 aliphatic rings. The molecule has 0 aliphatic heterocycles. The van der Waals surface area contributed by atoms with Crippen molar-refractivity contribution in [3.05, 3.63) is 69.8 Å². The summed E-state index contributed by atoms with van der Waals surface area (Å²) in [7, 11) is 1.99. The maximum Gasteiger partial charge on any atom is 0.269 e. The van der Waals surface area contributed by atoms with Crippen LogP contribution < -0.4 is 4.90 Å². The van der Waals surface area contributed by atoms with Crippen LogP contribution in [0.15, 0.2) is 48.5 Å². The van der Waals surface area contributed by atoms with Gasteiger partial charge in [0.25, 0.3) is 5.69 Å². The molecule has 0 N–H and O–H groups in total. The van der Waals surface area contributed by atoms with E-state index in [1.807, 2.05) is 7.05 Å². The summed E-state index contributed by atoms with van der Waals surface area (Å²) in [6.45, 7) is 5.21. The first-order valence-corrected chi connectivity index (χ1v) is 7.49. The van der Waals surface area contributed by atoms with E-state index in [1.165, 1.54) is 23.3 Å². The van der Waals surface area contributed by atoms with Crippen molar-refractivity contribution < 1.29 is 4.92 Å². The Morgan fingerprint density at radius 2 is 1.55 bits per heavy atom. The molecule has 0 spiro atoms. The molecule has 0 fully saturated rings. The fourth-order valence-corrected chi connectivity index (χ4v) is 2.45. The molecule has 0 aliphatic carbocycles. The number of nitro groups is 1. The quantitative estimate of drug-likeness (QED) is 0.585. The van der Waals surface area contributed by atoms with E-state index in [2.05, 4.69) is 43.0 Å². The fraction of sp³-hybridized carbons (Fsp3) is 0.333. The Hall–Kier alpha value is -2.36. The molecule has 22 heavy (non-hydrogen) atoms. The molecule has 2 aromatic rings. The van der Waals surface area contributed by atoms with Crippen LogP contribution in [0.2, 0.25) is 0 Å². The lowest BCUT2D eigenvalue weighted by molar-refractivity contribution is -0.384. The van der Waals surface area contributed by atoms with E-state index in [4.69, 9.17) is 0 Å². The van der Waals surface area contributed by atoms with E-state index in [0.717, 1.165) is 18.7 Å². The van der Waals surface area contributed by atoms with Gasteiger partial charge in [0.15, 0.2) is 0 Å². The maximum atomic E-state index is 10.7. The van der Waals surface area contributed by atoms with Crippen molar-refractivity contribution in [2.45, 2.75) is 26.8 Å². The summed E-state index contributed by atoms with van der Waals surface area (Å²) >= 11 is 0. The molecule has 4 nitrogen and oxygen atoms in total. The van der Waals surface area contributed by atoms with E-state index in [-0.39, 0.29) is 10.6 Å². The Morgan fingerprint density at radius 3 is 2.05 bits per heavy atom. The number of hydrogen-bond acceptors (Lipinski definition) is 3. The van der Waals surface area contributed by atoms with Crippen molar-refractivity contribution in [2.24, 2.45) is 5.92 Å². The van der Waals surface area contributed by atoms with Gasteiger partial charge >= 0.3 is 0 Å². The van der Waals surface area contributed by atoms with Gasteiger partial charge in [0.2, 0.25) is 0 Å². The minimum atomic E-state index is -0.378. The first-order chi connectivity index (χ1) is 10.5. The first kappa shape index (κ1) is 16.0. The highest BCUT2D eigenvalue weighted by molar-refractivity contribution is 5.50. The molecule has 0 heterocycles. The lowest BCUT2D eigenvalue weighted by atomic mass is 10.0. The monoisotopic (exact) mass is 298 g/mol. The molecule has 0 saturated heterocycles. The van der Waals surface area contributed by atoms with Crippen molar-refractivity contribution in [3.63, 3.8) is 0 Å². The van der Waals surface area contributed by atoms with Crippen LogP contribution in [0.4, 0.5) is 11.4 Å². The van der Waals surface area contributed by atoms with Crippen LogP contribution in [-0.2, 0) is 13.0 Å². The standard InChI is InChI=1S/C18H22N2O2/c1-14(2)12-15-4-6-16(7-5-15)13-19(3)17-8-10-18(11-9-17)20(21)22/h4-11,14H,12-13H2,1-3H3. The number of anilines is 1. The smallest absolute Gasteiger partial charge is 0.269 e. The van der Waals surface area contributed by atoms with Gasteiger partial charge in [0, 0.05) is 31.4 Å². The third-order valence-electron chi connectivity index (χ3n) is 3.59. The van der Waals surface area contributed by atoms with Crippen molar-refractivity contribution in [1.82, 2.24) is 0 Å². The summed E-state index contributed by atoms with van der Waals surface area (Å²) in [5, 5.41) is 10.7. The topological polar surface area (TPSA) is 46.4 Å². The Labute approximate surface area is 131 Å². The zero-order chi connectivity index (χ0) is 16.1. The third kappa shape index (κ3) is 4.32. The molecule has 0 amide bonds. The van der Waals surface area contributed by atoms with Crippen molar-refractivity contribution >= 4 is 11.4 Å². The van der Waals surface area contributed by atoms with Gasteiger partial charge in [-0.05, 0) is 35.6 Å². The van der Waals surface area contributed by atoms with E-state index < -0.39 is 0 Å². The SMILES string of the molecule is CC(C)Cc1ccc(CN(C)c2ccc([N+](=O)[O-])cc2)cc1. The van der Waals surface area contributed by atoms with Gasteiger partial charge in [-0.1, -0.05) is 38.1 Å². The summed E-state index contributed by atoms with van der Waals surface area (Å²) in [4.78, 5) is 12.4. The second-order valence-corrected chi connectivity index (χ2v) is 6.04. The van der Waals surface area contributed by atoms with Gasteiger partial charge in [0.05, 0.1) is 4.92 Å². The highest BCUT2D eigenvalue weighted by Crippen LogP contribution is 2.20. The van der Waals surface area contributed by atoms with E-state index in [0.29, 0.717) is 5.92 Å². The third-order valence-corrected chi connectivity index (χ3v) is 3.59. The molecule has 2 aromatic carbocycles. The Bertz CT molecular complexity index is 619. The summed E-state index contributed by atoms with van der Waals surface area (Å²) in [6, 6.07) is 15.3. The normalized spacial score (nSPS) is 10.7. The minimum Gasteiger partial charge on any atom is -0.370 e. The summed E-state index contributed by atoms with van der Waals surface area (Å²) in [5.74, 6) is 0.661. The van der Waals surface area contributed by atoms with Gasteiger partial charge in [0.1, 0.15) is 0 Å². The van der Waals surface area contributed by atoms with Gasteiger partial charge in [-0.3, -0.25) is 10.1 Å². The molecule has 2 rings (SSSR count). The van der Waals surface area contributed by atoms with E-state index >= 15 is 0 Å². The van der Waals surface area contributed by atoms with Crippen LogP contribution in [0.1, 0.15) is 25.0 Å². The Balaban J connectivity index is 2.01. The molecule has 0 saturated carbocycles. The molecule has 4 heteroatoms.